The van der Waals surface area contributed by atoms with Gasteiger partial charge in [-0.1, -0.05) is 18.2 Å². The Kier molecular flexibility index (Phi) is 2.99. The van der Waals surface area contributed by atoms with E-state index in [0.717, 1.165) is 4.09 Å². The first-order valence-electron chi connectivity index (χ1n) is 6.02. The molecule has 0 bridgehead atoms. The summed E-state index contributed by atoms with van der Waals surface area (Å²) >= 11 is 0. The van der Waals surface area contributed by atoms with Crippen molar-refractivity contribution in [3.63, 3.8) is 0 Å². The summed E-state index contributed by atoms with van der Waals surface area (Å²) in [5.41, 5.74) is 0.499. The molecule has 0 saturated heterocycles. The molecule has 1 aromatic heterocycles. The summed E-state index contributed by atoms with van der Waals surface area (Å²) in [6, 6.07) is 12.0. The highest BCUT2D eigenvalue weighted by atomic mass is 32.2. The maximum Gasteiger partial charge on any atom is 0.335 e. The SMILES string of the molecule is O=C(O)c1ccc(S(=O)(=O)n2ncc3ccccc32)cc1. The van der Waals surface area contributed by atoms with Crippen molar-refractivity contribution in [3.05, 3.63) is 60.3 Å². The fourth-order valence-corrected chi connectivity index (χ4v) is 3.28. The van der Waals surface area contributed by atoms with Gasteiger partial charge >= 0.3 is 5.97 Å². The molecule has 106 valence electrons. The zero-order valence-corrected chi connectivity index (χ0v) is 11.5. The van der Waals surface area contributed by atoms with E-state index >= 15 is 0 Å². The summed E-state index contributed by atoms with van der Waals surface area (Å²) in [5, 5.41) is 13.5. The van der Waals surface area contributed by atoms with Crippen LogP contribution in [0.15, 0.2) is 59.6 Å². The minimum atomic E-state index is -3.85. The number of hydrogen-bond donors (Lipinski definition) is 1. The van der Waals surface area contributed by atoms with Gasteiger partial charge in [0.1, 0.15) is 0 Å². The van der Waals surface area contributed by atoms with Gasteiger partial charge in [-0.2, -0.15) is 17.6 Å². The fourth-order valence-electron chi connectivity index (χ4n) is 2.01. The molecule has 0 aliphatic heterocycles. The minimum absolute atomic E-state index is 0.0126. The number of rotatable bonds is 3. The molecule has 1 heterocycles. The maximum absolute atomic E-state index is 12.5. The quantitative estimate of drug-likeness (QED) is 0.799. The number of para-hydroxylation sites is 1. The smallest absolute Gasteiger partial charge is 0.335 e. The molecule has 0 aliphatic carbocycles. The first kappa shape index (κ1) is 13.3. The number of nitrogens with zero attached hydrogens (tertiary/aromatic N) is 2. The van der Waals surface area contributed by atoms with Gasteiger partial charge in [-0.25, -0.2) is 4.79 Å². The van der Waals surface area contributed by atoms with Gasteiger partial charge < -0.3 is 5.11 Å². The topological polar surface area (TPSA) is 89.3 Å². The lowest BCUT2D eigenvalue weighted by atomic mass is 10.2. The van der Waals surface area contributed by atoms with Crippen molar-refractivity contribution in [2.75, 3.05) is 0 Å². The molecule has 0 spiro atoms. The van der Waals surface area contributed by atoms with Crippen LogP contribution < -0.4 is 0 Å². The average Bonchev–Trinajstić information content (AvgIpc) is 2.92. The molecule has 0 atom stereocenters. The number of hydrogen-bond acceptors (Lipinski definition) is 4. The summed E-state index contributed by atoms with van der Waals surface area (Å²) < 4.78 is 26.0. The van der Waals surface area contributed by atoms with Crippen molar-refractivity contribution in [2.24, 2.45) is 0 Å². The summed E-state index contributed by atoms with van der Waals surface area (Å²) in [6.07, 6.45) is 1.47. The molecule has 7 heteroatoms. The zero-order valence-electron chi connectivity index (χ0n) is 10.7. The summed E-state index contributed by atoms with van der Waals surface area (Å²) in [4.78, 5) is 10.8. The molecule has 3 rings (SSSR count). The molecule has 0 aliphatic rings. The first-order chi connectivity index (χ1) is 10.00. The molecule has 3 aromatic rings. The van der Waals surface area contributed by atoms with Crippen molar-refractivity contribution in [3.8, 4) is 0 Å². The number of carboxylic acid groups (broad SMARTS) is 1. The van der Waals surface area contributed by atoms with E-state index in [1.165, 1.54) is 30.5 Å². The standard InChI is InChI=1S/C14H10N2O4S/c17-14(18)10-5-7-12(8-6-10)21(19,20)16-13-4-2-1-3-11(13)9-15-16/h1-9H,(H,17,18). The summed E-state index contributed by atoms with van der Waals surface area (Å²) in [6.45, 7) is 0. The van der Waals surface area contributed by atoms with Gasteiger partial charge in [-0.15, -0.1) is 0 Å². The van der Waals surface area contributed by atoms with Crippen molar-refractivity contribution in [2.45, 2.75) is 4.90 Å². The predicted octanol–water partition coefficient (Wildman–Crippen LogP) is 1.97. The number of aromatic carboxylic acids is 1. The molecule has 6 nitrogen and oxygen atoms in total. The predicted molar refractivity (Wildman–Crippen MR) is 75.7 cm³/mol. The van der Waals surface area contributed by atoms with Crippen LogP contribution in [-0.2, 0) is 10.0 Å². The van der Waals surface area contributed by atoms with Gasteiger partial charge in [0.25, 0.3) is 10.0 Å². The normalized spacial score (nSPS) is 11.6. The highest BCUT2D eigenvalue weighted by Crippen LogP contribution is 2.20. The van der Waals surface area contributed by atoms with Crippen LogP contribution in [-0.4, -0.2) is 28.7 Å². The second kappa shape index (κ2) is 4.71. The molecule has 0 amide bonds. The van der Waals surface area contributed by atoms with Gasteiger partial charge in [0, 0.05) is 5.39 Å². The van der Waals surface area contributed by atoms with Crippen LogP contribution in [0.25, 0.3) is 10.9 Å². The fraction of sp³-hybridized carbons (Fsp3) is 0. The molecule has 21 heavy (non-hydrogen) atoms. The summed E-state index contributed by atoms with van der Waals surface area (Å²) in [5.74, 6) is -1.11. The Labute approximate surface area is 120 Å². The lowest BCUT2D eigenvalue weighted by Crippen LogP contribution is -2.14. The van der Waals surface area contributed by atoms with Crippen molar-refractivity contribution < 1.29 is 18.3 Å². The van der Waals surface area contributed by atoms with Gasteiger partial charge in [0.2, 0.25) is 0 Å². The highest BCUT2D eigenvalue weighted by molar-refractivity contribution is 7.90. The van der Waals surface area contributed by atoms with Crippen molar-refractivity contribution in [1.29, 1.82) is 0 Å². The zero-order chi connectivity index (χ0) is 15.0. The van der Waals surface area contributed by atoms with Crippen LogP contribution in [0.2, 0.25) is 0 Å². The van der Waals surface area contributed by atoms with Gasteiger partial charge in [0.15, 0.2) is 0 Å². The largest absolute Gasteiger partial charge is 0.478 e. The second-order valence-corrected chi connectivity index (χ2v) is 6.15. The van der Waals surface area contributed by atoms with Gasteiger partial charge in [-0.3, -0.25) is 0 Å². The Balaban J connectivity index is 2.14. The van der Waals surface area contributed by atoms with Crippen LogP contribution in [0.5, 0.6) is 0 Å². The lowest BCUT2D eigenvalue weighted by Gasteiger charge is -2.06. The van der Waals surface area contributed by atoms with E-state index < -0.39 is 16.0 Å². The van der Waals surface area contributed by atoms with E-state index in [4.69, 9.17) is 5.11 Å². The average molecular weight is 302 g/mol. The molecular formula is C14H10N2O4S. The Bertz CT molecular complexity index is 927. The van der Waals surface area contributed by atoms with Gasteiger partial charge in [-0.05, 0) is 30.3 Å². The molecule has 0 fully saturated rings. The van der Waals surface area contributed by atoms with Crippen LogP contribution in [0.3, 0.4) is 0 Å². The lowest BCUT2D eigenvalue weighted by molar-refractivity contribution is 0.0696. The van der Waals surface area contributed by atoms with Crippen LogP contribution >= 0.6 is 0 Å². The Morgan fingerprint density at radius 3 is 2.38 bits per heavy atom. The van der Waals surface area contributed by atoms with Crippen LogP contribution in [0, 0.1) is 0 Å². The van der Waals surface area contributed by atoms with E-state index in [0.29, 0.717) is 10.9 Å². The number of carboxylic acids is 1. The van der Waals surface area contributed by atoms with Crippen molar-refractivity contribution in [1.82, 2.24) is 9.19 Å². The van der Waals surface area contributed by atoms with E-state index in [9.17, 15) is 13.2 Å². The number of fused-ring (bicyclic) bond motifs is 1. The Hall–Kier alpha value is -2.67. The number of carbonyl (C=O) groups is 1. The molecule has 2 aromatic carbocycles. The van der Waals surface area contributed by atoms with E-state index in [2.05, 4.69) is 5.10 Å². The molecular weight excluding hydrogens is 292 g/mol. The summed E-state index contributed by atoms with van der Waals surface area (Å²) in [7, 11) is -3.85. The monoisotopic (exact) mass is 302 g/mol. The van der Waals surface area contributed by atoms with Crippen molar-refractivity contribution >= 4 is 26.9 Å². The molecule has 0 saturated carbocycles. The third-order valence-electron chi connectivity index (χ3n) is 3.07. The third kappa shape index (κ3) is 2.17. The van der Waals surface area contributed by atoms with Crippen LogP contribution in [0.1, 0.15) is 10.4 Å². The molecule has 1 N–H and O–H groups in total. The second-order valence-electron chi connectivity index (χ2n) is 4.38. The van der Waals surface area contributed by atoms with Crippen LogP contribution in [0.4, 0.5) is 0 Å². The highest BCUT2D eigenvalue weighted by Gasteiger charge is 2.20. The Morgan fingerprint density at radius 1 is 1.05 bits per heavy atom. The molecule has 0 unspecified atom stereocenters. The minimum Gasteiger partial charge on any atom is -0.478 e. The van der Waals surface area contributed by atoms with Gasteiger partial charge in [0.05, 0.1) is 22.2 Å². The number of benzene rings is 2. The van der Waals surface area contributed by atoms with E-state index in [-0.39, 0.29) is 10.5 Å². The third-order valence-corrected chi connectivity index (χ3v) is 4.69. The van der Waals surface area contributed by atoms with E-state index in [1.54, 1.807) is 24.3 Å². The first-order valence-corrected chi connectivity index (χ1v) is 7.46. The molecule has 0 radical (unpaired) electrons. The number of aromatic nitrogens is 2. The Morgan fingerprint density at radius 2 is 1.71 bits per heavy atom. The maximum atomic E-state index is 12.5. The van der Waals surface area contributed by atoms with E-state index in [1.807, 2.05) is 0 Å².